The van der Waals surface area contributed by atoms with Crippen LogP contribution in [0, 0.1) is 0 Å². The van der Waals surface area contributed by atoms with Crippen LogP contribution in [0.15, 0.2) is 52.3 Å². The van der Waals surface area contributed by atoms with Crippen LogP contribution in [0.2, 0.25) is 0 Å². The van der Waals surface area contributed by atoms with E-state index in [-0.39, 0.29) is 17.1 Å². The van der Waals surface area contributed by atoms with Crippen LogP contribution < -0.4 is 10.2 Å². The van der Waals surface area contributed by atoms with Crippen molar-refractivity contribution in [2.75, 3.05) is 16.8 Å². The summed E-state index contributed by atoms with van der Waals surface area (Å²) in [5, 5.41) is 3.27. The summed E-state index contributed by atoms with van der Waals surface area (Å²) in [4.78, 5) is 29.2. The van der Waals surface area contributed by atoms with E-state index in [0.29, 0.717) is 17.4 Å². The largest absolute Gasteiger partial charge is 0.324 e. The summed E-state index contributed by atoms with van der Waals surface area (Å²) >= 11 is 3.35. The number of nitrogens with one attached hydrogen (secondary N) is 1. The Bertz CT molecular complexity index is 884. The summed E-state index contributed by atoms with van der Waals surface area (Å²) in [6.07, 6.45) is 0.945. The van der Waals surface area contributed by atoms with Gasteiger partial charge in [-0.15, -0.1) is 23.5 Å². The van der Waals surface area contributed by atoms with Crippen LogP contribution in [-0.2, 0) is 4.79 Å². The maximum Gasteiger partial charge on any atom is 0.258 e. The van der Waals surface area contributed by atoms with Gasteiger partial charge in [-0.05, 0) is 43.7 Å². The Labute approximate surface area is 161 Å². The molecule has 0 spiro atoms. The van der Waals surface area contributed by atoms with Crippen LogP contribution in [-0.4, -0.2) is 28.9 Å². The lowest BCUT2D eigenvalue weighted by Gasteiger charge is -2.25. The second kappa shape index (κ2) is 7.00. The van der Waals surface area contributed by atoms with Gasteiger partial charge in [-0.1, -0.05) is 19.1 Å². The first-order chi connectivity index (χ1) is 12.5. The molecule has 2 aromatic carbocycles. The Morgan fingerprint density at radius 1 is 1.12 bits per heavy atom. The minimum atomic E-state index is -0.111. The second-order valence-electron chi connectivity index (χ2n) is 6.60. The third-order valence-corrected chi connectivity index (χ3v) is 7.06. The van der Waals surface area contributed by atoms with Gasteiger partial charge in [0.05, 0.1) is 16.6 Å². The average Bonchev–Trinajstić information content (AvgIpc) is 2.80. The number of hydrogen-bond acceptors (Lipinski definition) is 4. The lowest BCUT2D eigenvalue weighted by molar-refractivity contribution is -0.115. The first kappa shape index (κ1) is 17.5. The highest BCUT2D eigenvalue weighted by atomic mass is 32.2. The maximum atomic E-state index is 13.3. The summed E-state index contributed by atoms with van der Waals surface area (Å²) in [5.41, 5.74) is 2.31. The van der Waals surface area contributed by atoms with Crippen LogP contribution in [0.3, 0.4) is 0 Å². The first-order valence-corrected chi connectivity index (χ1v) is 10.5. The van der Waals surface area contributed by atoms with E-state index >= 15 is 0 Å². The minimum absolute atomic E-state index is 0.0163. The van der Waals surface area contributed by atoms with Crippen LogP contribution in [0.5, 0.6) is 0 Å². The molecule has 4 rings (SSSR count). The highest BCUT2D eigenvalue weighted by molar-refractivity contribution is 8.01. The van der Waals surface area contributed by atoms with E-state index in [1.54, 1.807) is 6.07 Å². The smallest absolute Gasteiger partial charge is 0.258 e. The van der Waals surface area contributed by atoms with E-state index in [4.69, 9.17) is 0 Å². The number of benzene rings is 2. The molecule has 0 fully saturated rings. The quantitative estimate of drug-likeness (QED) is 0.777. The molecule has 2 amide bonds. The molecule has 0 saturated carbocycles. The van der Waals surface area contributed by atoms with Gasteiger partial charge in [-0.3, -0.25) is 9.59 Å². The van der Waals surface area contributed by atoms with Crippen molar-refractivity contribution in [1.82, 2.24) is 0 Å². The normalized spacial score (nSPS) is 22.1. The van der Waals surface area contributed by atoms with E-state index in [9.17, 15) is 9.59 Å². The monoisotopic (exact) mass is 384 g/mol. The van der Waals surface area contributed by atoms with Gasteiger partial charge in [0.25, 0.3) is 5.91 Å². The van der Waals surface area contributed by atoms with Gasteiger partial charge in [0.2, 0.25) is 5.91 Å². The summed E-state index contributed by atoms with van der Waals surface area (Å²) in [7, 11) is 0. The number of hydrogen-bond donors (Lipinski definition) is 1. The molecule has 0 unspecified atom stereocenters. The zero-order chi connectivity index (χ0) is 18.3. The van der Waals surface area contributed by atoms with E-state index in [1.807, 2.05) is 53.9 Å². The molecule has 2 aliphatic rings. The van der Waals surface area contributed by atoms with Gasteiger partial charge in [-0.25, -0.2) is 0 Å². The van der Waals surface area contributed by atoms with E-state index in [2.05, 4.69) is 18.3 Å². The van der Waals surface area contributed by atoms with Crippen LogP contribution in [0.1, 0.15) is 30.6 Å². The zero-order valence-corrected chi connectivity index (χ0v) is 16.3. The van der Waals surface area contributed by atoms with Crippen LogP contribution in [0.4, 0.5) is 11.4 Å². The summed E-state index contributed by atoms with van der Waals surface area (Å²) < 4.78 is 0. The van der Waals surface area contributed by atoms with E-state index < -0.39 is 0 Å². The van der Waals surface area contributed by atoms with Gasteiger partial charge in [0, 0.05) is 27.1 Å². The maximum absolute atomic E-state index is 13.3. The van der Waals surface area contributed by atoms with Crippen LogP contribution >= 0.6 is 23.5 Å². The van der Waals surface area contributed by atoms with E-state index in [0.717, 1.165) is 27.6 Å². The third kappa shape index (κ3) is 3.23. The number of thioether (sulfide) groups is 2. The standard InChI is InChI=1S/C20H20N2O2S2/c1-12-9-10-22(16-5-3-4-6-18(16)25-12)20(24)14-7-8-17-15(11-14)21-19(23)13(2)26-17/h3-8,11-13H,9-10H2,1-2H3,(H,21,23)/t12-,13+/m1/s1. The average molecular weight is 385 g/mol. The van der Waals surface area contributed by atoms with Gasteiger partial charge in [0.1, 0.15) is 0 Å². The Kier molecular flexibility index (Phi) is 4.71. The SMILES string of the molecule is C[C@@H]1CCN(C(=O)c2ccc3c(c2)NC(=O)[C@H](C)S3)c2ccccc2S1. The molecular formula is C20H20N2O2S2. The first-order valence-electron chi connectivity index (χ1n) is 8.72. The highest BCUT2D eigenvalue weighted by Crippen LogP contribution is 2.39. The van der Waals surface area contributed by atoms with Crippen molar-refractivity contribution in [3.8, 4) is 0 Å². The predicted molar refractivity (Wildman–Crippen MR) is 108 cm³/mol. The highest BCUT2D eigenvalue weighted by Gasteiger charge is 2.27. The van der Waals surface area contributed by atoms with Crippen molar-refractivity contribution in [3.05, 3.63) is 48.0 Å². The van der Waals surface area contributed by atoms with Crippen molar-refractivity contribution in [3.63, 3.8) is 0 Å². The molecule has 4 nitrogen and oxygen atoms in total. The number of fused-ring (bicyclic) bond motifs is 2. The molecule has 134 valence electrons. The Morgan fingerprint density at radius 2 is 1.92 bits per heavy atom. The molecule has 0 radical (unpaired) electrons. The lowest BCUT2D eigenvalue weighted by atomic mass is 10.1. The van der Waals surface area contributed by atoms with Crippen LogP contribution in [0.25, 0.3) is 0 Å². The molecule has 0 saturated heterocycles. The molecule has 2 aliphatic heterocycles. The third-order valence-electron chi connectivity index (χ3n) is 4.65. The number of para-hydroxylation sites is 1. The van der Waals surface area contributed by atoms with Gasteiger partial charge < -0.3 is 10.2 Å². The number of anilines is 2. The molecule has 0 aromatic heterocycles. The molecule has 2 heterocycles. The fourth-order valence-corrected chi connectivity index (χ4v) is 5.24. The van der Waals surface area contributed by atoms with Gasteiger partial charge in [0.15, 0.2) is 0 Å². The fraction of sp³-hybridized carbons (Fsp3) is 0.300. The second-order valence-corrected chi connectivity index (χ2v) is 9.46. The molecule has 1 N–H and O–H groups in total. The molecular weight excluding hydrogens is 364 g/mol. The van der Waals surface area contributed by atoms with Crippen molar-refractivity contribution in [2.45, 2.75) is 40.6 Å². The van der Waals surface area contributed by atoms with Crippen molar-refractivity contribution >= 4 is 46.7 Å². The topological polar surface area (TPSA) is 49.4 Å². The minimum Gasteiger partial charge on any atom is -0.324 e. The molecule has 2 aromatic rings. The number of nitrogens with zero attached hydrogens (tertiary/aromatic N) is 1. The number of rotatable bonds is 1. The van der Waals surface area contributed by atoms with Crippen molar-refractivity contribution < 1.29 is 9.59 Å². The van der Waals surface area contributed by atoms with Crippen molar-refractivity contribution in [2.24, 2.45) is 0 Å². The summed E-state index contributed by atoms with van der Waals surface area (Å²) in [6.45, 7) is 4.77. The predicted octanol–water partition coefficient (Wildman–Crippen LogP) is 4.65. The zero-order valence-electron chi connectivity index (χ0n) is 14.7. The Morgan fingerprint density at radius 3 is 2.77 bits per heavy atom. The lowest BCUT2D eigenvalue weighted by Crippen LogP contribution is -2.32. The van der Waals surface area contributed by atoms with E-state index in [1.165, 1.54) is 11.8 Å². The fourth-order valence-electron chi connectivity index (χ4n) is 3.20. The number of carbonyl (C=O) groups is 2. The summed E-state index contributed by atoms with van der Waals surface area (Å²) in [6, 6.07) is 13.7. The van der Waals surface area contributed by atoms with Gasteiger partial charge in [-0.2, -0.15) is 0 Å². The summed E-state index contributed by atoms with van der Waals surface area (Å²) in [5.74, 6) is -0.0368. The molecule has 2 atom stereocenters. The molecule has 6 heteroatoms. The Balaban J connectivity index is 1.68. The molecule has 0 bridgehead atoms. The van der Waals surface area contributed by atoms with Crippen molar-refractivity contribution in [1.29, 1.82) is 0 Å². The van der Waals surface area contributed by atoms with Gasteiger partial charge >= 0.3 is 0 Å². The molecule has 26 heavy (non-hydrogen) atoms. The number of amides is 2. The number of carbonyl (C=O) groups excluding carboxylic acids is 2. The molecule has 0 aliphatic carbocycles. The Hall–Kier alpha value is -1.92.